The summed E-state index contributed by atoms with van der Waals surface area (Å²) in [6.45, 7) is 0.679. The number of hydrogen-bond donors (Lipinski definition) is 2. The number of likely N-dealkylation sites (N-methyl/N-ethyl adjacent to an activating group) is 1. The number of aromatic amines is 1. The first-order valence-corrected chi connectivity index (χ1v) is 6.13. The molecule has 2 heterocycles. The van der Waals surface area contributed by atoms with Crippen molar-refractivity contribution in [3.05, 3.63) is 34.2 Å². The van der Waals surface area contributed by atoms with Crippen LogP contribution in [0.2, 0.25) is 0 Å². The number of hydrogen-bond acceptors (Lipinski definition) is 4. The Bertz CT molecular complexity index is 491. The van der Waals surface area contributed by atoms with Crippen LogP contribution in [0.3, 0.4) is 0 Å². The Labute approximate surface area is 103 Å². The van der Waals surface area contributed by atoms with E-state index in [0.29, 0.717) is 18.1 Å². The fourth-order valence-corrected chi connectivity index (χ4v) is 2.18. The highest BCUT2D eigenvalue weighted by Crippen LogP contribution is 2.10. The first kappa shape index (κ1) is 11.7. The number of nitrogen functional groups attached to an aromatic ring is 1. The molecule has 0 fully saturated rings. The molecule has 0 spiro atoms. The molecule has 90 valence electrons. The van der Waals surface area contributed by atoms with Crippen molar-refractivity contribution in [2.75, 3.05) is 19.3 Å². The predicted octanol–water partition coefficient (Wildman–Crippen LogP) is 1.37. The molecular weight excluding hydrogens is 236 g/mol. The lowest BCUT2D eigenvalue weighted by molar-refractivity contribution is 0.0791. The summed E-state index contributed by atoms with van der Waals surface area (Å²) >= 11 is 1.70. The van der Waals surface area contributed by atoms with Gasteiger partial charge in [0.2, 0.25) is 0 Å². The molecule has 0 radical (unpaired) electrons. The van der Waals surface area contributed by atoms with E-state index in [9.17, 15) is 4.79 Å². The van der Waals surface area contributed by atoms with Gasteiger partial charge in [-0.05, 0) is 17.9 Å². The smallest absolute Gasteiger partial charge is 0.271 e. The second-order valence-electron chi connectivity index (χ2n) is 3.76. The van der Waals surface area contributed by atoms with Gasteiger partial charge in [0.25, 0.3) is 5.91 Å². The van der Waals surface area contributed by atoms with Crippen molar-refractivity contribution in [1.29, 1.82) is 0 Å². The molecule has 2 aromatic heterocycles. The van der Waals surface area contributed by atoms with E-state index in [0.717, 1.165) is 6.42 Å². The molecular formula is C11H14N4OS. The lowest BCUT2D eigenvalue weighted by Crippen LogP contribution is -2.29. The minimum absolute atomic E-state index is 0.0919. The maximum absolute atomic E-state index is 11.9. The molecule has 2 rings (SSSR count). The summed E-state index contributed by atoms with van der Waals surface area (Å²) in [5, 5.41) is 8.39. The number of aromatic nitrogens is 2. The van der Waals surface area contributed by atoms with E-state index < -0.39 is 0 Å². The van der Waals surface area contributed by atoms with Crippen LogP contribution >= 0.6 is 11.3 Å². The number of amides is 1. The summed E-state index contributed by atoms with van der Waals surface area (Å²) < 4.78 is 0. The molecule has 0 saturated carbocycles. The van der Waals surface area contributed by atoms with Crippen LogP contribution in [0.15, 0.2) is 23.6 Å². The van der Waals surface area contributed by atoms with E-state index in [-0.39, 0.29) is 5.91 Å². The standard InChI is InChI=1S/C11H14N4OS/c1-15(5-4-8-3-2-6-17-8)11(16)9-7-10(12)14-13-9/h2-3,6-7H,4-5H2,1H3,(H3,12,13,14). The van der Waals surface area contributed by atoms with Crippen molar-refractivity contribution < 1.29 is 4.79 Å². The number of carbonyl (C=O) groups excluding carboxylic acids is 1. The Morgan fingerprint density at radius 3 is 3.06 bits per heavy atom. The Morgan fingerprint density at radius 1 is 1.65 bits per heavy atom. The molecule has 1 amide bonds. The van der Waals surface area contributed by atoms with Crippen LogP contribution in [0.5, 0.6) is 0 Å². The molecule has 2 aromatic rings. The Kier molecular flexibility index (Phi) is 3.43. The molecule has 0 bridgehead atoms. The van der Waals surface area contributed by atoms with E-state index in [2.05, 4.69) is 16.3 Å². The maximum Gasteiger partial charge on any atom is 0.271 e. The molecule has 0 atom stereocenters. The highest BCUT2D eigenvalue weighted by molar-refractivity contribution is 7.09. The number of nitrogens with one attached hydrogen (secondary N) is 1. The molecule has 17 heavy (non-hydrogen) atoms. The maximum atomic E-state index is 11.9. The van der Waals surface area contributed by atoms with Gasteiger partial charge >= 0.3 is 0 Å². The van der Waals surface area contributed by atoms with Gasteiger partial charge in [-0.25, -0.2) is 0 Å². The third-order valence-electron chi connectivity index (χ3n) is 2.45. The van der Waals surface area contributed by atoms with Gasteiger partial charge in [-0.15, -0.1) is 11.3 Å². The minimum Gasteiger partial charge on any atom is -0.382 e. The summed E-state index contributed by atoms with van der Waals surface area (Å²) in [5.74, 6) is 0.241. The van der Waals surface area contributed by atoms with Gasteiger partial charge in [0, 0.05) is 24.5 Å². The summed E-state index contributed by atoms with van der Waals surface area (Å²) in [7, 11) is 1.77. The second kappa shape index (κ2) is 5.01. The predicted molar refractivity (Wildman–Crippen MR) is 68.0 cm³/mol. The molecule has 3 N–H and O–H groups in total. The van der Waals surface area contributed by atoms with E-state index >= 15 is 0 Å². The highest BCUT2D eigenvalue weighted by atomic mass is 32.1. The van der Waals surface area contributed by atoms with Crippen molar-refractivity contribution in [1.82, 2.24) is 15.1 Å². The number of nitrogens with two attached hydrogens (primary N) is 1. The third kappa shape index (κ3) is 2.85. The van der Waals surface area contributed by atoms with Crippen LogP contribution in [0.4, 0.5) is 5.82 Å². The van der Waals surface area contributed by atoms with Crippen molar-refractivity contribution >= 4 is 23.1 Å². The first-order chi connectivity index (χ1) is 8.16. The fraction of sp³-hybridized carbons (Fsp3) is 0.273. The molecule has 0 unspecified atom stereocenters. The van der Waals surface area contributed by atoms with Crippen molar-refractivity contribution in [3.63, 3.8) is 0 Å². The summed E-state index contributed by atoms with van der Waals surface area (Å²) in [6.07, 6.45) is 0.865. The summed E-state index contributed by atoms with van der Waals surface area (Å²) in [5.41, 5.74) is 5.88. The molecule has 0 saturated heterocycles. The van der Waals surface area contributed by atoms with E-state index in [1.807, 2.05) is 11.4 Å². The Balaban J connectivity index is 1.91. The second-order valence-corrected chi connectivity index (χ2v) is 4.79. The Morgan fingerprint density at radius 2 is 2.47 bits per heavy atom. The van der Waals surface area contributed by atoms with Crippen molar-refractivity contribution in [3.8, 4) is 0 Å². The van der Waals surface area contributed by atoms with Gasteiger partial charge in [0.1, 0.15) is 11.5 Å². The lowest BCUT2D eigenvalue weighted by atomic mass is 10.3. The van der Waals surface area contributed by atoms with Crippen LogP contribution in [0, 0.1) is 0 Å². The van der Waals surface area contributed by atoms with Crippen molar-refractivity contribution in [2.24, 2.45) is 0 Å². The largest absolute Gasteiger partial charge is 0.382 e. The molecule has 5 nitrogen and oxygen atoms in total. The van der Waals surface area contributed by atoms with Gasteiger partial charge in [-0.1, -0.05) is 6.07 Å². The topological polar surface area (TPSA) is 75.0 Å². The number of rotatable bonds is 4. The van der Waals surface area contributed by atoms with Gasteiger partial charge in [-0.2, -0.15) is 5.10 Å². The van der Waals surface area contributed by atoms with Gasteiger partial charge in [0.15, 0.2) is 0 Å². The summed E-state index contributed by atoms with van der Waals surface area (Å²) in [4.78, 5) is 14.9. The van der Waals surface area contributed by atoms with Crippen LogP contribution in [0.25, 0.3) is 0 Å². The van der Waals surface area contributed by atoms with Gasteiger partial charge < -0.3 is 10.6 Å². The monoisotopic (exact) mass is 250 g/mol. The van der Waals surface area contributed by atoms with E-state index in [4.69, 9.17) is 5.73 Å². The van der Waals surface area contributed by atoms with Crippen LogP contribution in [-0.2, 0) is 6.42 Å². The van der Waals surface area contributed by atoms with Gasteiger partial charge in [0.05, 0.1) is 0 Å². The highest BCUT2D eigenvalue weighted by Gasteiger charge is 2.13. The zero-order chi connectivity index (χ0) is 12.3. The van der Waals surface area contributed by atoms with Crippen LogP contribution in [0.1, 0.15) is 15.4 Å². The van der Waals surface area contributed by atoms with Crippen LogP contribution < -0.4 is 5.73 Å². The van der Waals surface area contributed by atoms with E-state index in [1.165, 1.54) is 4.88 Å². The van der Waals surface area contributed by atoms with Gasteiger partial charge in [-0.3, -0.25) is 9.89 Å². The normalized spacial score (nSPS) is 10.4. The molecule has 0 aliphatic carbocycles. The Hall–Kier alpha value is -1.82. The number of nitrogens with zero attached hydrogens (tertiary/aromatic N) is 2. The van der Waals surface area contributed by atoms with Crippen LogP contribution in [-0.4, -0.2) is 34.6 Å². The van der Waals surface area contributed by atoms with E-state index in [1.54, 1.807) is 29.4 Å². The quantitative estimate of drug-likeness (QED) is 0.860. The zero-order valence-electron chi connectivity index (χ0n) is 9.51. The third-order valence-corrected chi connectivity index (χ3v) is 3.38. The lowest BCUT2D eigenvalue weighted by Gasteiger charge is -2.15. The number of anilines is 1. The SMILES string of the molecule is CN(CCc1cccs1)C(=O)c1cc(N)n[nH]1. The fourth-order valence-electron chi connectivity index (χ4n) is 1.49. The molecule has 0 aliphatic heterocycles. The molecule has 0 aromatic carbocycles. The number of carbonyl (C=O) groups is 1. The summed E-state index contributed by atoms with van der Waals surface area (Å²) in [6, 6.07) is 5.62. The molecule has 0 aliphatic rings. The molecule has 6 heteroatoms. The zero-order valence-corrected chi connectivity index (χ0v) is 10.3. The van der Waals surface area contributed by atoms with Crippen molar-refractivity contribution in [2.45, 2.75) is 6.42 Å². The minimum atomic E-state index is -0.0919. The average Bonchev–Trinajstić information content (AvgIpc) is 2.95. The number of H-pyrrole nitrogens is 1. The first-order valence-electron chi connectivity index (χ1n) is 5.25. The number of thiophene rings is 1. The average molecular weight is 250 g/mol.